The Kier molecular flexibility index (Phi) is 4.24. The monoisotopic (exact) mass is 347 g/mol. The highest BCUT2D eigenvalue weighted by atomic mass is 35.5. The molecule has 0 bridgehead atoms. The molecule has 0 unspecified atom stereocenters. The van der Waals surface area contributed by atoms with E-state index in [2.05, 4.69) is 0 Å². The standard InChI is InChI=1S/C17H14ClNO3S/c1-10(2)22-12-7-4-3-6-11(12)19-16(20)14(15(18)17(19)21)13-8-5-9-23-13/h3-10H,1-2H3. The Bertz CT molecular complexity index is 796. The predicted molar refractivity (Wildman–Crippen MR) is 91.8 cm³/mol. The van der Waals surface area contributed by atoms with E-state index in [1.165, 1.54) is 11.3 Å². The van der Waals surface area contributed by atoms with Crippen molar-refractivity contribution in [2.75, 3.05) is 4.90 Å². The molecule has 2 aromatic rings. The molecule has 0 saturated carbocycles. The van der Waals surface area contributed by atoms with Crippen LogP contribution in [0.15, 0.2) is 46.8 Å². The first-order valence-corrected chi connectivity index (χ1v) is 8.34. The molecule has 1 aliphatic heterocycles. The zero-order valence-electron chi connectivity index (χ0n) is 12.6. The van der Waals surface area contributed by atoms with Gasteiger partial charge in [-0.3, -0.25) is 9.59 Å². The van der Waals surface area contributed by atoms with Crippen molar-refractivity contribution < 1.29 is 14.3 Å². The Morgan fingerprint density at radius 1 is 1.09 bits per heavy atom. The van der Waals surface area contributed by atoms with E-state index in [4.69, 9.17) is 16.3 Å². The first-order chi connectivity index (χ1) is 11.0. The fourth-order valence-corrected chi connectivity index (χ4v) is 3.44. The van der Waals surface area contributed by atoms with Gasteiger partial charge in [0.15, 0.2) is 0 Å². The quantitative estimate of drug-likeness (QED) is 0.783. The molecule has 0 saturated heterocycles. The molecule has 0 spiro atoms. The summed E-state index contributed by atoms with van der Waals surface area (Å²) in [5.74, 6) is -0.483. The number of anilines is 1. The van der Waals surface area contributed by atoms with E-state index in [9.17, 15) is 9.59 Å². The van der Waals surface area contributed by atoms with Crippen molar-refractivity contribution >= 4 is 46.0 Å². The van der Waals surface area contributed by atoms with E-state index >= 15 is 0 Å². The van der Waals surface area contributed by atoms with Crippen molar-refractivity contribution in [3.05, 3.63) is 51.7 Å². The lowest BCUT2D eigenvalue weighted by Gasteiger charge is -2.20. The van der Waals surface area contributed by atoms with E-state index in [0.29, 0.717) is 16.3 Å². The fourth-order valence-electron chi connectivity index (χ4n) is 2.35. The molecule has 0 N–H and O–H groups in total. The summed E-state index contributed by atoms with van der Waals surface area (Å²) in [6, 6.07) is 10.5. The average molecular weight is 348 g/mol. The average Bonchev–Trinajstić information content (AvgIpc) is 3.08. The lowest BCUT2D eigenvalue weighted by Crippen LogP contribution is -2.31. The van der Waals surface area contributed by atoms with Crippen molar-refractivity contribution in [1.29, 1.82) is 0 Å². The van der Waals surface area contributed by atoms with E-state index in [1.807, 2.05) is 25.3 Å². The Labute approximate surface area is 142 Å². The minimum Gasteiger partial charge on any atom is -0.489 e. The van der Waals surface area contributed by atoms with Crippen molar-refractivity contribution in [2.45, 2.75) is 20.0 Å². The lowest BCUT2D eigenvalue weighted by atomic mass is 10.2. The maximum absolute atomic E-state index is 12.8. The van der Waals surface area contributed by atoms with Gasteiger partial charge in [-0.05, 0) is 37.4 Å². The fraction of sp³-hybridized carbons (Fsp3) is 0.176. The first kappa shape index (κ1) is 15.8. The predicted octanol–water partition coefficient (Wildman–Crippen LogP) is 4.06. The molecule has 1 aromatic carbocycles. The van der Waals surface area contributed by atoms with E-state index in [1.54, 1.807) is 30.3 Å². The van der Waals surface area contributed by atoms with Crippen molar-refractivity contribution in [3.63, 3.8) is 0 Å². The summed E-state index contributed by atoms with van der Waals surface area (Å²) < 4.78 is 5.71. The molecule has 4 nitrogen and oxygen atoms in total. The van der Waals surface area contributed by atoms with Gasteiger partial charge in [-0.1, -0.05) is 29.8 Å². The van der Waals surface area contributed by atoms with Gasteiger partial charge in [0.2, 0.25) is 0 Å². The van der Waals surface area contributed by atoms with E-state index < -0.39 is 11.8 Å². The maximum atomic E-state index is 12.8. The lowest BCUT2D eigenvalue weighted by molar-refractivity contribution is -0.119. The molecule has 2 amide bonds. The Balaban J connectivity index is 2.04. The highest BCUT2D eigenvalue weighted by molar-refractivity contribution is 7.11. The highest BCUT2D eigenvalue weighted by Crippen LogP contribution is 2.39. The van der Waals surface area contributed by atoms with Crippen molar-refractivity contribution in [1.82, 2.24) is 0 Å². The van der Waals surface area contributed by atoms with Crippen LogP contribution in [0.3, 0.4) is 0 Å². The maximum Gasteiger partial charge on any atom is 0.277 e. The second kappa shape index (κ2) is 6.18. The smallest absolute Gasteiger partial charge is 0.277 e. The number of carbonyl (C=O) groups is 2. The van der Waals surface area contributed by atoms with Gasteiger partial charge in [0.25, 0.3) is 11.8 Å². The second-order valence-corrected chi connectivity index (χ2v) is 6.57. The largest absolute Gasteiger partial charge is 0.489 e. The number of thiophene rings is 1. The van der Waals surface area contributed by atoms with Gasteiger partial charge in [0, 0.05) is 4.88 Å². The van der Waals surface area contributed by atoms with Gasteiger partial charge in [-0.15, -0.1) is 11.3 Å². The number of rotatable bonds is 4. The number of nitrogens with zero attached hydrogens (tertiary/aromatic N) is 1. The second-order valence-electron chi connectivity index (χ2n) is 5.25. The molecule has 118 valence electrons. The normalized spacial score (nSPS) is 15.0. The molecule has 0 aliphatic carbocycles. The van der Waals surface area contributed by atoms with Crippen LogP contribution in [0.4, 0.5) is 5.69 Å². The molecule has 0 radical (unpaired) electrons. The van der Waals surface area contributed by atoms with Crippen LogP contribution in [0.2, 0.25) is 0 Å². The third-order valence-corrected chi connectivity index (χ3v) is 4.50. The molecule has 6 heteroatoms. The van der Waals surface area contributed by atoms with Gasteiger partial charge < -0.3 is 4.74 Å². The molecule has 1 aliphatic rings. The number of carbonyl (C=O) groups excluding carboxylic acids is 2. The number of amides is 2. The third kappa shape index (κ3) is 2.78. The molecular formula is C17H14ClNO3S. The molecule has 1 aromatic heterocycles. The SMILES string of the molecule is CC(C)Oc1ccccc1N1C(=O)C(Cl)=C(c2cccs2)C1=O. The molecule has 3 rings (SSSR count). The Morgan fingerprint density at radius 3 is 2.48 bits per heavy atom. The number of hydrogen-bond donors (Lipinski definition) is 0. The molecule has 23 heavy (non-hydrogen) atoms. The number of benzene rings is 1. The number of halogens is 1. The third-order valence-electron chi connectivity index (χ3n) is 3.26. The number of imide groups is 1. The van der Waals surface area contributed by atoms with E-state index in [-0.39, 0.29) is 16.7 Å². The van der Waals surface area contributed by atoms with Gasteiger partial charge in [-0.25, -0.2) is 4.90 Å². The number of para-hydroxylation sites is 2. The van der Waals surface area contributed by atoms with Crippen molar-refractivity contribution in [3.8, 4) is 5.75 Å². The zero-order chi connectivity index (χ0) is 16.6. The summed E-state index contributed by atoms with van der Waals surface area (Å²) in [6.07, 6.45) is -0.0795. The Morgan fingerprint density at radius 2 is 1.83 bits per heavy atom. The van der Waals surface area contributed by atoms with Crippen LogP contribution in [0, 0.1) is 0 Å². The van der Waals surface area contributed by atoms with Crippen molar-refractivity contribution in [2.24, 2.45) is 0 Å². The van der Waals surface area contributed by atoms with Crippen LogP contribution in [0.25, 0.3) is 5.57 Å². The molecule has 2 heterocycles. The summed E-state index contributed by atoms with van der Waals surface area (Å²) in [6.45, 7) is 3.76. The van der Waals surface area contributed by atoms with E-state index in [0.717, 1.165) is 4.90 Å². The molecular weight excluding hydrogens is 334 g/mol. The molecule has 0 fully saturated rings. The number of hydrogen-bond acceptors (Lipinski definition) is 4. The first-order valence-electron chi connectivity index (χ1n) is 7.09. The summed E-state index contributed by atoms with van der Waals surface area (Å²) in [4.78, 5) is 27.1. The molecule has 0 atom stereocenters. The zero-order valence-corrected chi connectivity index (χ0v) is 14.1. The number of ether oxygens (including phenoxy) is 1. The van der Waals surface area contributed by atoms with Gasteiger partial charge in [0.05, 0.1) is 17.4 Å². The van der Waals surface area contributed by atoms with Gasteiger partial charge >= 0.3 is 0 Å². The van der Waals surface area contributed by atoms with Crippen LogP contribution >= 0.6 is 22.9 Å². The Hall–Kier alpha value is -2.11. The highest BCUT2D eigenvalue weighted by Gasteiger charge is 2.40. The van der Waals surface area contributed by atoms with Crippen LogP contribution in [-0.4, -0.2) is 17.9 Å². The minimum atomic E-state index is -0.528. The van der Waals surface area contributed by atoms with Crippen LogP contribution in [0.5, 0.6) is 5.75 Å². The topological polar surface area (TPSA) is 46.6 Å². The minimum absolute atomic E-state index is 0.0585. The van der Waals surface area contributed by atoms with Crippen LogP contribution in [-0.2, 0) is 9.59 Å². The van der Waals surface area contributed by atoms with Gasteiger partial charge in [-0.2, -0.15) is 0 Å². The summed E-state index contributed by atoms with van der Waals surface area (Å²) in [7, 11) is 0. The summed E-state index contributed by atoms with van der Waals surface area (Å²) in [5.41, 5.74) is 0.645. The van der Waals surface area contributed by atoms with Crippen LogP contribution < -0.4 is 9.64 Å². The van der Waals surface area contributed by atoms with Gasteiger partial charge in [0.1, 0.15) is 10.8 Å². The summed E-state index contributed by atoms with van der Waals surface area (Å²) in [5, 5.41) is 1.78. The summed E-state index contributed by atoms with van der Waals surface area (Å²) >= 11 is 7.52. The van der Waals surface area contributed by atoms with Crippen LogP contribution in [0.1, 0.15) is 18.7 Å².